The molecule has 0 fully saturated rings. The molecule has 0 bridgehead atoms. The van der Waals surface area contributed by atoms with E-state index in [9.17, 15) is 0 Å². The van der Waals surface area contributed by atoms with Crippen LogP contribution in [0.4, 0.5) is 0 Å². The molecule has 0 aliphatic carbocycles. The third-order valence-corrected chi connectivity index (χ3v) is 8.25. The number of hydrogen-bond donors (Lipinski definition) is 0. The Balaban J connectivity index is 2.99. The topological polar surface area (TPSA) is 0 Å². The van der Waals surface area contributed by atoms with Gasteiger partial charge in [-0.25, -0.2) is 0 Å². The molecule has 0 amide bonds. The maximum absolute atomic E-state index is 2.57. The number of hydrogen-bond acceptors (Lipinski definition) is 0. The molecule has 0 nitrogen and oxygen atoms in total. The maximum atomic E-state index is 2.57. The predicted octanol–water partition coefficient (Wildman–Crippen LogP) is 0.758. The molecule has 60 valence electrons. The summed E-state index contributed by atoms with van der Waals surface area (Å²) in [5, 5.41) is 0. The van der Waals surface area contributed by atoms with Gasteiger partial charge in [0.2, 0.25) is 0 Å². The van der Waals surface area contributed by atoms with Gasteiger partial charge in [-0.3, -0.25) is 0 Å². The van der Waals surface area contributed by atoms with Gasteiger partial charge >= 0.3 is 81.5 Å². The van der Waals surface area contributed by atoms with Crippen LogP contribution in [-0.2, 0) is 0 Å². The van der Waals surface area contributed by atoms with Crippen molar-refractivity contribution in [1.29, 1.82) is 0 Å². The minimum absolute atomic E-state index is 1.30. The Kier molecular flexibility index (Phi) is 3.07. The summed E-state index contributed by atoms with van der Waals surface area (Å²) in [6.07, 6.45) is 0. The fourth-order valence-corrected chi connectivity index (χ4v) is 4.60. The fraction of sp³-hybridized carbons (Fsp3) is 0.333. The van der Waals surface area contributed by atoms with Gasteiger partial charge in [-0.2, -0.15) is 0 Å². The average Bonchev–Trinajstić information content (AvgIpc) is 1.86. The van der Waals surface area contributed by atoms with E-state index in [1.165, 1.54) is 4.46 Å². The fourth-order valence-electron chi connectivity index (χ4n) is 0.961. The van der Waals surface area contributed by atoms with Crippen molar-refractivity contribution in [2.75, 3.05) is 0 Å². The van der Waals surface area contributed by atoms with Crippen LogP contribution in [0.2, 0.25) is 14.8 Å². The van der Waals surface area contributed by atoms with E-state index in [1.54, 1.807) is 3.58 Å². The van der Waals surface area contributed by atoms with E-state index in [1.807, 2.05) is 0 Å². The Hall–Kier alpha value is 0.538. The molecular weight excluding hydrogens is 306 g/mol. The third-order valence-electron chi connectivity index (χ3n) is 1.73. The minimum atomic E-state index is -1.75. The van der Waals surface area contributed by atoms with Crippen LogP contribution in [0, 0.1) is 0 Å². The molecule has 1 aromatic carbocycles. The molecule has 1 rings (SSSR count). The van der Waals surface area contributed by atoms with Crippen molar-refractivity contribution in [1.82, 2.24) is 0 Å². The van der Waals surface area contributed by atoms with Gasteiger partial charge in [0.15, 0.2) is 0 Å². The standard InChI is InChI=1S/C6H5Se.3CH3.Sn/c7-6-4-2-1-3-5-6;;;;/h2-5,7H;3*1H3;. The molecule has 0 saturated heterocycles. The molecule has 0 N–H and O–H groups in total. The van der Waals surface area contributed by atoms with Crippen molar-refractivity contribution in [2.24, 2.45) is 0 Å². The van der Waals surface area contributed by atoms with Crippen LogP contribution in [0.5, 0.6) is 0 Å². The Labute approximate surface area is 81.1 Å². The van der Waals surface area contributed by atoms with Crippen molar-refractivity contribution in [2.45, 2.75) is 14.8 Å². The summed E-state index contributed by atoms with van der Waals surface area (Å²) in [5.41, 5.74) is 0. The van der Waals surface area contributed by atoms with E-state index in [0.29, 0.717) is 0 Å². The van der Waals surface area contributed by atoms with Gasteiger partial charge in [-0.15, -0.1) is 0 Å². The molecule has 0 aliphatic rings. The molecule has 0 aromatic heterocycles. The zero-order chi connectivity index (χ0) is 8.48. The van der Waals surface area contributed by atoms with Crippen molar-refractivity contribution < 1.29 is 0 Å². The third kappa shape index (κ3) is 2.81. The van der Waals surface area contributed by atoms with Gasteiger partial charge in [0, 0.05) is 0 Å². The van der Waals surface area contributed by atoms with E-state index in [-0.39, 0.29) is 0 Å². The van der Waals surface area contributed by atoms with Crippen LogP contribution in [0.1, 0.15) is 0 Å². The van der Waals surface area contributed by atoms with Crippen LogP contribution in [0.15, 0.2) is 24.3 Å². The second-order valence-corrected chi connectivity index (χ2v) is 19.4. The quantitative estimate of drug-likeness (QED) is 0.671. The first-order chi connectivity index (χ1) is 5.00. The van der Waals surface area contributed by atoms with Crippen molar-refractivity contribution in [3.8, 4) is 0 Å². The first kappa shape index (κ1) is 9.62. The van der Waals surface area contributed by atoms with Gasteiger partial charge in [0.1, 0.15) is 0 Å². The summed E-state index contributed by atoms with van der Waals surface area (Å²) >= 11 is 0.822. The Morgan fingerprint density at radius 1 is 1.00 bits per heavy atom. The van der Waals surface area contributed by atoms with Gasteiger partial charge < -0.3 is 0 Å². The van der Waals surface area contributed by atoms with E-state index in [0.717, 1.165) is 0 Å². The van der Waals surface area contributed by atoms with E-state index >= 15 is 0 Å². The number of rotatable bonds is 1. The first-order valence-electron chi connectivity index (χ1n) is 3.79. The molecule has 11 heavy (non-hydrogen) atoms. The summed E-state index contributed by atoms with van der Waals surface area (Å²) in [4.78, 5) is 7.32. The van der Waals surface area contributed by atoms with E-state index in [4.69, 9.17) is 0 Å². The summed E-state index contributed by atoms with van der Waals surface area (Å²) in [6, 6.07) is 8.95. The Morgan fingerprint density at radius 2 is 1.45 bits per heavy atom. The van der Waals surface area contributed by atoms with Crippen molar-refractivity contribution >= 4 is 42.4 Å². The zero-order valence-corrected chi connectivity index (χ0v) is 12.0. The summed E-state index contributed by atoms with van der Waals surface area (Å²) in [6.45, 7) is 0. The predicted molar refractivity (Wildman–Crippen MR) is 56.2 cm³/mol. The second kappa shape index (κ2) is 3.51. The zero-order valence-electron chi connectivity index (χ0n) is 7.26. The monoisotopic (exact) mass is 322 g/mol. The molecule has 0 radical (unpaired) electrons. The molecule has 0 spiro atoms. The normalized spacial score (nSPS) is 11.6. The molecule has 0 heterocycles. The van der Waals surface area contributed by atoms with Crippen molar-refractivity contribution in [3.63, 3.8) is 0 Å². The SMILES string of the molecule is [CH3][Sn]([CH3])([CH3])[c]1ccc([SeH])cc1. The van der Waals surface area contributed by atoms with Crippen LogP contribution in [-0.4, -0.2) is 34.4 Å². The van der Waals surface area contributed by atoms with Crippen LogP contribution in [0.25, 0.3) is 0 Å². The molecule has 0 aliphatic heterocycles. The van der Waals surface area contributed by atoms with Gasteiger partial charge in [-0.1, -0.05) is 0 Å². The molecular formula is C9H14SeSn. The molecule has 0 saturated carbocycles. The summed E-state index contributed by atoms with van der Waals surface area (Å²) in [5.74, 6) is 0. The average molecular weight is 320 g/mol. The van der Waals surface area contributed by atoms with Crippen LogP contribution >= 0.6 is 0 Å². The Bertz CT molecular complexity index is 233. The number of benzene rings is 1. The van der Waals surface area contributed by atoms with Crippen LogP contribution in [0.3, 0.4) is 0 Å². The summed E-state index contributed by atoms with van der Waals surface area (Å²) in [7, 11) is 0. The van der Waals surface area contributed by atoms with Crippen molar-refractivity contribution in [3.05, 3.63) is 24.3 Å². The molecule has 0 unspecified atom stereocenters. The summed E-state index contributed by atoms with van der Waals surface area (Å²) < 4.78 is 2.91. The molecule has 1 aromatic rings. The van der Waals surface area contributed by atoms with E-state index in [2.05, 4.69) is 55.1 Å². The second-order valence-electron chi connectivity index (χ2n) is 3.80. The van der Waals surface area contributed by atoms with Crippen LogP contribution < -0.4 is 8.04 Å². The molecule has 2 heteroatoms. The van der Waals surface area contributed by atoms with Gasteiger partial charge in [-0.05, 0) is 0 Å². The van der Waals surface area contributed by atoms with E-state index < -0.39 is 18.4 Å². The first-order valence-corrected chi connectivity index (χ1v) is 14.7. The van der Waals surface area contributed by atoms with Gasteiger partial charge in [0.25, 0.3) is 0 Å². The molecule has 0 atom stereocenters. The Morgan fingerprint density at radius 3 is 1.82 bits per heavy atom. The van der Waals surface area contributed by atoms with Gasteiger partial charge in [0.05, 0.1) is 0 Å².